The smallest absolute Gasteiger partial charge is 0.0459 e. The van der Waals surface area contributed by atoms with Gasteiger partial charge in [0.1, 0.15) is 0 Å². The van der Waals surface area contributed by atoms with Crippen molar-refractivity contribution in [1.82, 2.24) is 0 Å². The van der Waals surface area contributed by atoms with Gasteiger partial charge in [0.05, 0.1) is 0 Å². The molecule has 2 N–H and O–H groups in total. The fourth-order valence-electron chi connectivity index (χ4n) is 0.422. The zero-order valence-electron chi connectivity index (χ0n) is 10.6. The summed E-state index contributed by atoms with van der Waals surface area (Å²) >= 11 is 0. The Hall–Kier alpha value is -0.0800. The molecule has 0 saturated carbocycles. The molecule has 14 heavy (non-hydrogen) atoms. The van der Waals surface area contributed by atoms with Crippen molar-refractivity contribution in [1.29, 1.82) is 0 Å². The summed E-state index contributed by atoms with van der Waals surface area (Å²) in [5, 5.41) is 17.0. The standard InChI is InChI=1S/2C6H14O/c2*1-5(2)6(3)4-7/h2*5-7H,4H2,1-3H3. The van der Waals surface area contributed by atoms with Crippen LogP contribution in [0.3, 0.4) is 0 Å². The Labute approximate surface area is 89.3 Å². The van der Waals surface area contributed by atoms with Gasteiger partial charge >= 0.3 is 0 Å². The molecule has 0 radical (unpaired) electrons. The average molecular weight is 204 g/mol. The van der Waals surface area contributed by atoms with Gasteiger partial charge in [-0.05, 0) is 23.7 Å². The molecule has 0 bridgehead atoms. The van der Waals surface area contributed by atoms with Gasteiger partial charge in [0.15, 0.2) is 0 Å². The molecule has 2 heteroatoms. The van der Waals surface area contributed by atoms with Crippen LogP contribution in [0.1, 0.15) is 41.5 Å². The van der Waals surface area contributed by atoms with E-state index in [1.165, 1.54) is 0 Å². The van der Waals surface area contributed by atoms with E-state index in [4.69, 9.17) is 10.2 Å². The predicted octanol–water partition coefficient (Wildman–Crippen LogP) is 2.54. The quantitative estimate of drug-likeness (QED) is 0.739. The molecule has 0 heterocycles. The van der Waals surface area contributed by atoms with Gasteiger partial charge in [0.2, 0.25) is 0 Å². The molecular formula is C12H28O2. The van der Waals surface area contributed by atoms with Crippen LogP contribution in [-0.2, 0) is 0 Å². The number of rotatable bonds is 4. The molecule has 88 valence electrons. The first-order chi connectivity index (χ1) is 6.36. The molecule has 0 saturated heterocycles. The van der Waals surface area contributed by atoms with Crippen LogP contribution < -0.4 is 0 Å². The van der Waals surface area contributed by atoms with E-state index in [0.717, 1.165) is 0 Å². The molecule has 0 spiro atoms. The molecule has 0 fully saturated rings. The van der Waals surface area contributed by atoms with Gasteiger partial charge in [-0.2, -0.15) is 0 Å². The Balaban J connectivity index is 0. The number of aliphatic hydroxyl groups is 2. The third-order valence-corrected chi connectivity index (χ3v) is 2.85. The van der Waals surface area contributed by atoms with Crippen molar-refractivity contribution >= 4 is 0 Å². The van der Waals surface area contributed by atoms with E-state index < -0.39 is 0 Å². The molecule has 0 aromatic heterocycles. The lowest BCUT2D eigenvalue weighted by Crippen LogP contribution is -2.07. The topological polar surface area (TPSA) is 40.5 Å². The van der Waals surface area contributed by atoms with Gasteiger partial charge in [-0.1, -0.05) is 41.5 Å². The fourth-order valence-corrected chi connectivity index (χ4v) is 0.422. The van der Waals surface area contributed by atoms with Gasteiger partial charge in [0, 0.05) is 13.2 Å². The number of hydrogen-bond acceptors (Lipinski definition) is 2. The monoisotopic (exact) mass is 204 g/mol. The summed E-state index contributed by atoms with van der Waals surface area (Å²) in [6.07, 6.45) is 0. The Morgan fingerprint density at radius 3 is 0.857 bits per heavy atom. The average Bonchev–Trinajstić information content (AvgIpc) is 2.15. The van der Waals surface area contributed by atoms with E-state index in [1.807, 2.05) is 13.8 Å². The van der Waals surface area contributed by atoms with Crippen LogP contribution in [0, 0.1) is 23.7 Å². The van der Waals surface area contributed by atoms with Crippen LogP contribution in [0.25, 0.3) is 0 Å². The molecule has 0 aromatic carbocycles. The highest BCUT2D eigenvalue weighted by atomic mass is 16.3. The minimum atomic E-state index is 0.317. The molecule has 0 aliphatic heterocycles. The summed E-state index contributed by atoms with van der Waals surface area (Å²) in [5.74, 6) is 2.15. The lowest BCUT2D eigenvalue weighted by molar-refractivity contribution is 0.203. The van der Waals surface area contributed by atoms with Crippen LogP contribution in [0.2, 0.25) is 0 Å². The molecule has 2 nitrogen and oxygen atoms in total. The lowest BCUT2D eigenvalue weighted by Gasteiger charge is -2.09. The van der Waals surface area contributed by atoms with Crippen molar-refractivity contribution in [3.8, 4) is 0 Å². The van der Waals surface area contributed by atoms with E-state index in [1.54, 1.807) is 0 Å². The molecule has 0 rings (SSSR count). The van der Waals surface area contributed by atoms with Gasteiger partial charge in [0.25, 0.3) is 0 Å². The highest BCUT2D eigenvalue weighted by Gasteiger charge is 2.03. The first-order valence-corrected chi connectivity index (χ1v) is 5.58. The van der Waals surface area contributed by atoms with Crippen molar-refractivity contribution in [3.63, 3.8) is 0 Å². The minimum Gasteiger partial charge on any atom is -0.396 e. The molecule has 0 amide bonds. The largest absolute Gasteiger partial charge is 0.396 e. The summed E-state index contributed by atoms with van der Waals surface area (Å²) in [7, 11) is 0. The second kappa shape index (κ2) is 9.47. The van der Waals surface area contributed by atoms with E-state index in [2.05, 4.69) is 27.7 Å². The lowest BCUT2D eigenvalue weighted by atomic mass is 10.00. The van der Waals surface area contributed by atoms with Crippen LogP contribution in [0.4, 0.5) is 0 Å². The second-order valence-corrected chi connectivity index (χ2v) is 4.81. The third-order valence-electron chi connectivity index (χ3n) is 2.85. The Kier molecular flexibility index (Phi) is 11.1. The third kappa shape index (κ3) is 10.0. The number of aliphatic hydroxyl groups excluding tert-OH is 2. The van der Waals surface area contributed by atoms with E-state index in [9.17, 15) is 0 Å². The number of hydrogen-bond donors (Lipinski definition) is 2. The van der Waals surface area contributed by atoms with Crippen LogP contribution >= 0.6 is 0 Å². The predicted molar refractivity (Wildman–Crippen MR) is 62.2 cm³/mol. The molecule has 2 unspecified atom stereocenters. The van der Waals surface area contributed by atoms with Gasteiger partial charge in [-0.25, -0.2) is 0 Å². The Morgan fingerprint density at radius 1 is 0.643 bits per heavy atom. The van der Waals surface area contributed by atoms with Crippen LogP contribution in [0.5, 0.6) is 0 Å². The van der Waals surface area contributed by atoms with Gasteiger partial charge in [-0.3, -0.25) is 0 Å². The molecule has 0 aromatic rings. The SMILES string of the molecule is CC(C)C(C)CO.CC(C)C(C)CO. The minimum absolute atomic E-state index is 0.317. The summed E-state index contributed by atoms with van der Waals surface area (Å²) < 4.78 is 0. The van der Waals surface area contributed by atoms with Crippen molar-refractivity contribution < 1.29 is 10.2 Å². The maximum atomic E-state index is 8.51. The summed E-state index contributed by atoms with van der Waals surface area (Å²) in [6, 6.07) is 0. The summed E-state index contributed by atoms with van der Waals surface area (Å²) in [4.78, 5) is 0. The van der Waals surface area contributed by atoms with Gasteiger partial charge < -0.3 is 10.2 Å². The van der Waals surface area contributed by atoms with E-state index >= 15 is 0 Å². The zero-order chi connectivity index (χ0) is 11.7. The summed E-state index contributed by atoms with van der Waals surface area (Å²) in [6.45, 7) is 13.2. The van der Waals surface area contributed by atoms with Crippen molar-refractivity contribution in [2.45, 2.75) is 41.5 Å². The molecule has 2 atom stereocenters. The first kappa shape index (κ1) is 16.4. The Bertz CT molecular complexity index is 96.9. The highest BCUT2D eigenvalue weighted by Crippen LogP contribution is 2.07. The Morgan fingerprint density at radius 2 is 0.857 bits per heavy atom. The fraction of sp³-hybridized carbons (Fsp3) is 1.00. The zero-order valence-corrected chi connectivity index (χ0v) is 10.6. The second-order valence-electron chi connectivity index (χ2n) is 4.81. The summed E-state index contributed by atoms with van der Waals surface area (Å²) in [5.41, 5.74) is 0. The van der Waals surface area contributed by atoms with Crippen molar-refractivity contribution in [2.75, 3.05) is 13.2 Å². The molecule has 0 aliphatic rings. The molecular weight excluding hydrogens is 176 g/mol. The van der Waals surface area contributed by atoms with Crippen molar-refractivity contribution in [2.24, 2.45) is 23.7 Å². The maximum absolute atomic E-state index is 8.51. The van der Waals surface area contributed by atoms with Crippen LogP contribution in [-0.4, -0.2) is 23.4 Å². The highest BCUT2D eigenvalue weighted by molar-refractivity contribution is 4.53. The van der Waals surface area contributed by atoms with Gasteiger partial charge in [-0.15, -0.1) is 0 Å². The van der Waals surface area contributed by atoms with E-state index in [-0.39, 0.29) is 0 Å². The van der Waals surface area contributed by atoms with E-state index in [0.29, 0.717) is 36.9 Å². The first-order valence-electron chi connectivity index (χ1n) is 5.58. The molecule has 0 aliphatic carbocycles. The maximum Gasteiger partial charge on any atom is 0.0459 e. The normalized spacial score (nSPS) is 15.0. The van der Waals surface area contributed by atoms with Crippen LogP contribution in [0.15, 0.2) is 0 Å². The van der Waals surface area contributed by atoms with Crippen molar-refractivity contribution in [3.05, 3.63) is 0 Å².